The van der Waals surface area contributed by atoms with E-state index in [0.717, 1.165) is 6.42 Å². The monoisotopic (exact) mass is 338 g/mol. The van der Waals surface area contributed by atoms with Gasteiger partial charge in [0.15, 0.2) is 0 Å². The number of rotatable bonds is 4. The van der Waals surface area contributed by atoms with E-state index in [9.17, 15) is 0 Å². The fourth-order valence-electron chi connectivity index (χ4n) is 3.82. The Bertz CT molecular complexity index is 867. The van der Waals surface area contributed by atoms with Crippen molar-refractivity contribution in [3.8, 4) is 0 Å². The first-order valence-electron chi connectivity index (χ1n) is 8.88. The van der Waals surface area contributed by atoms with Crippen LogP contribution in [0.1, 0.15) is 18.9 Å². The van der Waals surface area contributed by atoms with Gasteiger partial charge in [-0.25, -0.2) is 0 Å². The molecule has 0 radical (unpaired) electrons. The van der Waals surface area contributed by atoms with Gasteiger partial charge in [0.25, 0.3) is 0 Å². The first-order chi connectivity index (χ1) is 12.3. The first kappa shape index (κ1) is 15.9. The van der Waals surface area contributed by atoms with Crippen LogP contribution in [0.15, 0.2) is 108 Å². The third-order valence-corrected chi connectivity index (χ3v) is 8.22. The summed E-state index contributed by atoms with van der Waals surface area (Å²) < 4.78 is 0. The zero-order chi connectivity index (χ0) is 17.1. The fraction of sp³-hybridized carbons (Fsp3) is 0.0833. The van der Waals surface area contributed by atoms with E-state index in [2.05, 4.69) is 104 Å². The van der Waals surface area contributed by atoms with Crippen LogP contribution in [0.25, 0.3) is 5.57 Å². The maximum atomic E-state index is 2.40. The maximum absolute atomic E-state index is 2.40. The summed E-state index contributed by atoms with van der Waals surface area (Å²) in [6.45, 7) is 2.26. The van der Waals surface area contributed by atoms with Gasteiger partial charge >= 0.3 is 0 Å². The van der Waals surface area contributed by atoms with E-state index in [1.165, 1.54) is 27.1 Å². The van der Waals surface area contributed by atoms with Crippen molar-refractivity contribution in [2.24, 2.45) is 0 Å². The Labute approximate surface area is 151 Å². The molecule has 0 fully saturated rings. The lowest BCUT2D eigenvalue weighted by Gasteiger charge is -2.21. The summed E-state index contributed by atoms with van der Waals surface area (Å²) >= 11 is 0. The summed E-state index contributed by atoms with van der Waals surface area (Å²) in [4.78, 5) is 0. The minimum atomic E-state index is -1.44. The molecule has 0 saturated heterocycles. The largest absolute Gasteiger partial charge is 0.129 e. The Hall–Kier alpha value is -2.64. The minimum absolute atomic E-state index is 1.10. The number of hydrogen-bond acceptors (Lipinski definition) is 0. The van der Waals surface area contributed by atoms with Crippen molar-refractivity contribution in [1.29, 1.82) is 0 Å². The lowest BCUT2D eigenvalue weighted by atomic mass is 10.1. The topological polar surface area (TPSA) is 0 Å². The molecule has 0 spiro atoms. The van der Waals surface area contributed by atoms with Crippen LogP contribution in [-0.2, 0) is 0 Å². The molecule has 3 aromatic carbocycles. The molecule has 0 atom stereocenters. The third kappa shape index (κ3) is 3.28. The van der Waals surface area contributed by atoms with Crippen molar-refractivity contribution in [1.82, 2.24) is 0 Å². The van der Waals surface area contributed by atoms with E-state index in [-0.39, 0.29) is 0 Å². The van der Waals surface area contributed by atoms with Gasteiger partial charge in [-0.2, -0.15) is 0 Å². The molecule has 1 heteroatoms. The zero-order valence-electron chi connectivity index (χ0n) is 14.5. The van der Waals surface area contributed by atoms with Crippen LogP contribution in [0, 0.1) is 0 Å². The standard InChI is InChI=1S/C24H22Si/c1-19-17-23(20-11-5-2-6-12-20)24(18-19)25(21-13-7-3-8-14-21)22-15-9-4-10-16-22/h2-17,25H,18H2,1H3. The van der Waals surface area contributed by atoms with E-state index in [1.807, 2.05) is 0 Å². The van der Waals surface area contributed by atoms with Crippen LogP contribution in [0.4, 0.5) is 0 Å². The molecule has 1 aliphatic rings. The van der Waals surface area contributed by atoms with Crippen LogP contribution in [0.3, 0.4) is 0 Å². The van der Waals surface area contributed by atoms with Gasteiger partial charge in [-0.1, -0.05) is 118 Å². The molecule has 4 rings (SSSR count). The van der Waals surface area contributed by atoms with Gasteiger partial charge in [0.05, 0.1) is 0 Å². The molecule has 1 aliphatic carbocycles. The first-order valence-corrected chi connectivity index (χ1v) is 10.6. The molecular weight excluding hydrogens is 316 g/mol. The molecule has 0 saturated carbocycles. The predicted molar refractivity (Wildman–Crippen MR) is 111 cm³/mol. The molecule has 122 valence electrons. The molecule has 3 aromatic rings. The quantitative estimate of drug-likeness (QED) is 0.620. The number of allylic oxidation sites excluding steroid dienone is 4. The van der Waals surface area contributed by atoms with Crippen molar-refractivity contribution in [2.75, 3.05) is 0 Å². The van der Waals surface area contributed by atoms with Gasteiger partial charge in [-0.05, 0) is 24.5 Å². The molecule has 0 aliphatic heterocycles. The fourth-order valence-corrected chi connectivity index (χ4v) is 7.31. The van der Waals surface area contributed by atoms with Crippen LogP contribution in [0.5, 0.6) is 0 Å². The van der Waals surface area contributed by atoms with E-state index >= 15 is 0 Å². The summed E-state index contributed by atoms with van der Waals surface area (Å²) in [5, 5.41) is 4.64. The average molecular weight is 339 g/mol. The molecule has 0 heterocycles. The van der Waals surface area contributed by atoms with Gasteiger partial charge in [-0.15, -0.1) is 0 Å². The highest BCUT2D eigenvalue weighted by molar-refractivity contribution is 6.91. The Balaban J connectivity index is 1.90. The Kier molecular flexibility index (Phi) is 4.49. The van der Waals surface area contributed by atoms with Gasteiger partial charge in [0.1, 0.15) is 8.80 Å². The van der Waals surface area contributed by atoms with E-state index in [1.54, 1.807) is 5.20 Å². The third-order valence-electron chi connectivity index (χ3n) is 4.91. The highest BCUT2D eigenvalue weighted by Gasteiger charge is 2.27. The summed E-state index contributed by atoms with van der Waals surface area (Å²) in [5.41, 5.74) is 4.26. The van der Waals surface area contributed by atoms with Crippen molar-refractivity contribution in [3.05, 3.63) is 113 Å². The lowest BCUT2D eigenvalue weighted by Crippen LogP contribution is -2.44. The molecule has 0 unspecified atom stereocenters. The number of hydrogen-bond donors (Lipinski definition) is 0. The second-order valence-corrected chi connectivity index (χ2v) is 9.62. The Morgan fingerprint density at radius 3 is 1.64 bits per heavy atom. The molecule has 0 N–H and O–H groups in total. The van der Waals surface area contributed by atoms with E-state index in [4.69, 9.17) is 0 Å². The van der Waals surface area contributed by atoms with Crippen molar-refractivity contribution in [3.63, 3.8) is 0 Å². The van der Waals surface area contributed by atoms with Gasteiger partial charge in [0, 0.05) is 0 Å². The number of benzene rings is 3. The molecule has 25 heavy (non-hydrogen) atoms. The lowest BCUT2D eigenvalue weighted by molar-refractivity contribution is 1.22. The summed E-state index contributed by atoms with van der Waals surface area (Å²) in [7, 11) is -1.44. The zero-order valence-corrected chi connectivity index (χ0v) is 15.7. The SMILES string of the molecule is CC1=CC(c2ccccc2)=C([SiH](c2ccccc2)c2ccccc2)C1. The maximum Gasteiger partial charge on any atom is 0.129 e. The van der Waals surface area contributed by atoms with Crippen LogP contribution in [0.2, 0.25) is 0 Å². The van der Waals surface area contributed by atoms with E-state index in [0.29, 0.717) is 0 Å². The normalized spacial score (nSPS) is 14.1. The van der Waals surface area contributed by atoms with Crippen LogP contribution < -0.4 is 10.4 Å². The summed E-state index contributed by atoms with van der Waals surface area (Å²) in [5.74, 6) is 0. The molecular formula is C24H22Si. The molecule has 0 nitrogen and oxygen atoms in total. The van der Waals surface area contributed by atoms with Gasteiger partial charge in [-0.3, -0.25) is 0 Å². The van der Waals surface area contributed by atoms with Crippen molar-refractivity contribution >= 4 is 24.7 Å². The highest BCUT2D eigenvalue weighted by atomic mass is 28.3. The van der Waals surface area contributed by atoms with Crippen molar-refractivity contribution in [2.45, 2.75) is 13.3 Å². The van der Waals surface area contributed by atoms with Gasteiger partial charge in [0.2, 0.25) is 0 Å². The second kappa shape index (κ2) is 7.08. The predicted octanol–water partition coefficient (Wildman–Crippen LogP) is 4.37. The van der Waals surface area contributed by atoms with Crippen molar-refractivity contribution < 1.29 is 0 Å². The minimum Gasteiger partial charge on any atom is -0.0690 e. The van der Waals surface area contributed by atoms with E-state index < -0.39 is 8.80 Å². The van der Waals surface area contributed by atoms with Crippen LogP contribution >= 0.6 is 0 Å². The van der Waals surface area contributed by atoms with Crippen LogP contribution in [-0.4, -0.2) is 8.80 Å². The Morgan fingerprint density at radius 1 is 0.640 bits per heavy atom. The molecule has 0 aromatic heterocycles. The Morgan fingerprint density at radius 2 is 1.12 bits per heavy atom. The summed E-state index contributed by atoms with van der Waals surface area (Å²) in [6.07, 6.45) is 3.50. The van der Waals surface area contributed by atoms with Gasteiger partial charge < -0.3 is 0 Å². The molecule has 0 bridgehead atoms. The smallest absolute Gasteiger partial charge is 0.0690 e. The highest BCUT2D eigenvalue weighted by Crippen LogP contribution is 2.33. The second-order valence-electron chi connectivity index (χ2n) is 6.73. The summed E-state index contributed by atoms with van der Waals surface area (Å²) in [6, 6.07) is 33.1. The average Bonchev–Trinajstić information content (AvgIpc) is 3.06. The molecule has 0 amide bonds.